The zero-order valence-corrected chi connectivity index (χ0v) is 12.9. The van der Waals surface area contributed by atoms with Gasteiger partial charge in [0.15, 0.2) is 0 Å². The zero-order chi connectivity index (χ0) is 14.3. The molecular formula is C14H18ClNO3S. The van der Waals surface area contributed by atoms with Gasteiger partial charge in [0.1, 0.15) is 4.90 Å². The SMILES string of the molecule is COC1CC2CCC(C1)N2S(=O)(=O)c1ccccc1Cl. The molecule has 0 radical (unpaired) electrons. The van der Waals surface area contributed by atoms with E-state index in [4.69, 9.17) is 16.3 Å². The second kappa shape index (κ2) is 5.30. The van der Waals surface area contributed by atoms with Gasteiger partial charge in [0.05, 0.1) is 11.1 Å². The van der Waals surface area contributed by atoms with Gasteiger partial charge in [-0.3, -0.25) is 0 Å². The number of piperidine rings is 1. The van der Waals surface area contributed by atoms with Crippen molar-refractivity contribution in [2.75, 3.05) is 7.11 Å². The van der Waals surface area contributed by atoms with Crippen molar-refractivity contribution < 1.29 is 13.2 Å². The van der Waals surface area contributed by atoms with E-state index >= 15 is 0 Å². The van der Waals surface area contributed by atoms with Gasteiger partial charge in [-0.15, -0.1) is 0 Å². The first kappa shape index (κ1) is 14.3. The van der Waals surface area contributed by atoms with E-state index in [0.717, 1.165) is 25.7 Å². The van der Waals surface area contributed by atoms with Gasteiger partial charge in [0, 0.05) is 19.2 Å². The Morgan fingerprint density at radius 3 is 2.35 bits per heavy atom. The summed E-state index contributed by atoms with van der Waals surface area (Å²) in [6.07, 6.45) is 3.54. The minimum Gasteiger partial charge on any atom is -0.381 e. The predicted octanol–water partition coefficient (Wildman–Crippen LogP) is 2.67. The van der Waals surface area contributed by atoms with Crippen molar-refractivity contribution in [1.82, 2.24) is 4.31 Å². The fourth-order valence-electron chi connectivity index (χ4n) is 3.44. The lowest BCUT2D eigenvalue weighted by Gasteiger charge is -2.37. The lowest BCUT2D eigenvalue weighted by Crippen LogP contribution is -2.48. The third-order valence-electron chi connectivity index (χ3n) is 4.35. The molecule has 0 N–H and O–H groups in total. The molecule has 2 unspecified atom stereocenters. The van der Waals surface area contributed by atoms with E-state index in [1.165, 1.54) is 0 Å². The third kappa shape index (κ3) is 2.26. The Labute approximate surface area is 124 Å². The van der Waals surface area contributed by atoms with Gasteiger partial charge in [-0.05, 0) is 37.8 Å². The highest BCUT2D eigenvalue weighted by Gasteiger charge is 2.47. The predicted molar refractivity (Wildman–Crippen MR) is 77.3 cm³/mol. The summed E-state index contributed by atoms with van der Waals surface area (Å²) in [5.41, 5.74) is 0. The van der Waals surface area contributed by atoms with Gasteiger partial charge in [-0.2, -0.15) is 4.31 Å². The Bertz CT molecular complexity index is 590. The van der Waals surface area contributed by atoms with Crippen LogP contribution in [0.3, 0.4) is 0 Å². The van der Waals surface area contributed by atoms with E-state index < -0.39 is 10.0 Å². The molecule has 2 atom stereocenters. The first-order valence-electron chi connectivity index (χ1n) is 6.85. The lowest BCUT2D eigenvalue weighted by atomic mass is 10.0. The van der Waals surface area contributed by atoms with Crippen molar-refractivity contribution in [2.45, 2.75) is 48.8 Å². The number of hydrogen-bond acceptors (Lipinski definition) is 3. The maximum absolute atomic E-state index is 12.9. The fraction of sp³-hybridized carbons (Fsp3) is 0.571. The Hall–Kier alpha value is -0.620. The average Bonchev–Trinajstić information content (AvgIpc) is 2.71. The highest BCUT2D eigenvalue weighted by molar-refractivity contribution is 7.89. The molecule has 2 aliphatic rings. The first-order valence-corrected chi connectivity index (χ1v) is 8.66. The van der Waals surface area contributed by atoms with Crippen molar-refractivity contribution in [1.29, 1.82) is 0 Å². The van der Waals surface area contributed by atoms with E-state index in [0.29, 0.717) is 5.02 Å². The Morgan fingerprint density at radius 1 is 1.20 bits per heavy atom. The van der Waals surface area contributed by atoms with Crippen LogP contribution in [-0.2, 0) is 14.8 Å². The van der Waals surface area contributed by atoms with Gasteiger partial charge in [-0.1, -0.05) is 23.7 Å². The van der Waals surface area contributed by atoms with E-state index in [2.05, 4.69) is 0 Å². The smallest absolute Gasteiger partial charge is 0.245 e. The molecule has 1 aromatic carbocycles. The first-order chi connectivity index (χ1) is 9.54. The van der Waals surface area contributed by atoms with Crippen LogP contribution in [0.4, 0.5) is 0 Å². The third-order valence-corrected chi connectivity index (χ3v) is 6.85. The number of halogens is 1. The zero-order valence-electron chi connectivity index (χ0n) is 11.3. The van der Waals surface area contributed by atoms with Crippen molar-refractivity contribution in [3.63, 3.8) is 0 Å². The minimum absolute atomic E-state index is 0.0416. The summed E-state index contributed by atoms with van der Waals surface area (Å²) in [5.74, 6) is 0. The number of fused-ring (bicyclic) bond motifs is 2. The van der Waals surface area contributed by atoms with Crippen LogP contribution in [0.25, 0.3) is 0 Å². The highest BCUT2D eigenvalue weighted by atomic mass is 35.5. The van der Waals surface area contributed by atoms with Gasteiger partial charge in [0.2, 0.25) is 10.0 Å². The largest absolute Gasteiger partial charge is 0.381 e. The maximum Gasteiger partial charge on any atom is 0.245 e. The molecule has 1 aromatic rings. The van der Waals surface area contributed by atoms with Crippen molar-refractivity contribution in [3.05, 3.63) is 29.3 Å². The number of nitrogens with zero attached hydrogens (tertiary/aromatic N) is 1. The summed E-state index contributed by atoms with van der Waals surface area (Å²) in [5, 5.41) is 0.292. The van der Waals surface area contributed by atoms with Crippen LogP contribution in [0.1, 0.15) is 25.7 Å². The van der Waals surface area contributed by atoms with Crippen LogP contribution in [-0.4, -0.2) is 38.0 Å². The number of benzene rings is 1. The summed E-state index contributed by atoms with van der Waals surface area (Å²) in [6.45, 7) is 0. The second-order valence-corrected chi connectivity index (χ2v) is 7.70. The normalized spacial score (nSPS) is 30.6. The van der Waals surface area contributed by atoms with Gasteiger partial charge in [-0.25, -0.2) is 8.42 Å². The van der Waals surface area contributed by atoms with Crippen LogP contribution in [0.2, 0.25) is 5.02 Å². The molecule has 20 heavy (non-hydrogen) atoms. The molecule has 3 rings (SSSR count). The highest BCUT2D eigenvalue weighted by Crippen LogP contribution is 2.41. The van der Waals surface area contributed by atoms with Crippen LogP contribution < -0.4 is 0 Å². The number of ether oxygens (including phenoxy) is 1. The summed E-state index contributed by atoms with van der Waals surface area (Å²) in [4.78, 5) is 0.217. The topological polar surface area (TPSA) is 46.6 Å². The van der Waals surface area contributed by atoms with Crippen LogP contribution in [0.15, 0.2) is 29.2 Å². The molecule has 2 fully saturated rings. The molecular weight excluding hydrogens is 298 g/mol. The number of sulfonamides is 1. The molecule has 110 valence electrons. The van der Waals surface area contributed by atoms with Crippen molar-refractivity contribution in [2.24, 2.45) is 0 Å². The van der Waals surface area contributed by atoms with E-state index in [1.54, 1.807) is 35.7 Å². The molecule has 0 spiro atoms. The summed E-state index contributed by atoms with van der Waals surface area (Å²) >= 11 is 6.07. The van der Waals surface area contributed by atoms with Gasteiger partial charge in [0.25, 0.3) is 0 Å². The van der Waals surface area contributed by atoms with Crippen molar-refractivity contribution in [3.8, 4) is 0 Å². The van der Waals surface area contributed by atoms with E-state index in [1.807, 2.05) is 0 Å². The molecule has 0 aromatic heterocycles. The Kier molecular flexibility index (Phi) is 3.79. The monoisotopic (exact) mass is 315 g/mol. The van der Waals surface area contributed by atoms with Crippen LogP contribution in [0.5, 0.6) is 0 Å². The van der Waals surface area contributed by atoms with Gasteiger partial charge < -0.3 is 4.74 Å². The van der Waals surface area contributed by atoms with Crippen LogP contribution in [0, 0.1) is 0 Å². The second-order valence-electron chi connectivity index (χ2n) is 5.48. The molecule has 2 saturated heterocycles. The maximum atomic E-state index is 12.9. The van der Waals surface area contributed by atoms with Crippen LogP contribution >= 0.6 is 11.6 Å². The quantitative estimate of drug-likeness (QED) is 0.861. The van der Waals surface area contributed by atoms with Crippen molar-refractivity contribution >= 4 is 21.6 Å². The summed E-state index contributed by atoms with van der Waals surface area (Å²) in [6, 6.07) is 6.74. The number of hydrogen-bond donors (Lipinski definition) is 0. The average molecular weight is 316 g/mol. The lowest BCUT2D eigenvalue weighted by molar-refractivity contribution is 0.0349. The standard InChI is InChI=1S/C14H18ClNO3S/c1-19-12-8-10-6-7-11(9-12)16(10)20(17,18)14-5-3-2-4-13(14)15/h2-5,10-12H,6-9H2,1H3. The fourth-order valence-corrected chi connectivity index (χ4v) is 5.82. The van der Waals surface area contributed by atoms with E-state index in [-0.39, 0.29) is 23.1 Å². The number of methoxy groups -OCH3 is 1. The summed E-state index contributed by atoms with van der Waals surface area (Å²) < 4.78 is 32.8. The van der Waals surface area contributed by atoms with E-state index in [9.17, 15) is 8.42 Å². The molecule has 2 aliphatic heterocycles. The molecule has 6 heteroatoms. The molecule has 0 saturated carbocycles. The Morgan fingerprint density at radius 2 is 1.80 bits per heavy atom. The molecule has 4 nitrogen and oxygen atoms in total. The minimum atomic E-state index is -3.51. The van der Waals surface area contributed by atoms with Gasteiger partial charge >= 0.3 is 0 Å². The molecule has 2 heterocycles. The molecule has 0 aliphatic carbocycles. The number of rotatable bonds is 3. The molecule has 2 bridgehead atoms. The Balaban J connectivity index is 1.96. The molecule has 0 amide bonds. The summed E-state index contributed by atoms with van der Waals surface area (Å²) in [7, 11) is -1.82.